The smallest absolute Gasteiger partial charge is 0.167 e. The van der Waals surface area contributed by atoms with Crippen LogP contribution in [0.2, 0.25) is 0 Å². The van der Waals surface area contributed by atoms with Gasteiger partial charge in [-0.1, -0.05) is 176 Å². The van der Waals surface area contributed by atoms with Crippen LogP contribution in [0.1, 0.15) is 27.8 Å². The van der Waals surface area contributed by atoms with Crippen LogP contribution in [-0.2, 0) is 5.41 Å². The molecule has 0 fully saturated rings. The molecule has 3 aromatic heterocycles. The zero-order chi connectivity index (χ0) is 42.8. The average molecular weight is 828 g/mol. The number of para-hydroxylation sites is 2. The van der Waals surface area contributed by atoms with E-state index >= 15 is 0 Å². The van der Waals surface area contributed by atoms with Gasteiger partial charge in [0.25, 0.3) is 0 Å². The Morgan fingerprint density at radius 1 is 0.446 bits per heavy atom. The van der Waals surface area contributed by atoms with Gasteiger partial charge in [-0.15, -0.1) is 0 Å². The van der Waals surface area contributed by atoms with Crippen LogP contribution in [0, 0.1) is 11.3 Å². The minimum Gasteiger partial charge on any atom is -0.455 e. The van der Waals surface area contributed by atoms with Crippen molar-refractivity contribution in [1.82, 2.24) is 19.5 Å². The van der Waals surface area contributed by atoms with Gasteiger partial charge in [-0.05, 0) is 68.8 Å². The van der Waals surface area contributed by atoms with Gasteiger partial charge in [0.1, 0.15) is 17.2 Å². The second-order valence-electron chi connectivity index (χ2n) is 16.9. The molecule has 0 saturated carbocycles. The molecule has 2 aliphatic carbocycles. The number of rotatable bonds is 4. The van der Waals surface area contributed by atoms with Crippen LogP contribution in [0.5, 0.6) is 0 Å². The van der Waals surface area contributed by atoms with Gasteiger partial charge in [-0.2, -0.15) is 5.26 Å². The summed E-state index contributed by atoms with van der Waals surface area (Å²) in [4.78, 5) is 15.2. The monoisotopic (exact) mass is 827 g/mol. The van der Waals surface area contributed by atoms with Crippen molar-refractivity contribution in [3.8, 4) is 68.2 Å². The predicted molar refractivity (Wildman–Crippen MR) is 259 cm³/mol. The molecule has 0 bridgehead atoms. The first-order valence-corrected chi connectivity index (χ1v) is 21.8. The Morgan fingerprint density at radius 2 is 0.985 bits per heavy atom. The van der Waals surface area contributed by atoms with Crippen molar-refractivity contribution < 1.29 is 4.42 Å². The maximum atomic E-state index is 11.4. The predicted octanol–water partition coefficient (Wildman–Crippen LogP) is 14.1. The maximum absolute atomic E-state index is 11.4. The average Bonchev–Trinajstić information content (AvgIpc) is 4.10. The van der Waals surface area contributed by atoms with Gasteiger partial charge in [0.15, 0.2) is 17.5 Å². The Bertz CT molecular complexity index is 3920. The second-order valence-corrected chi connectivity index (χ2v) is 16.9. The molecular weight excluding hydrogens is 795 g/mol. The molecule has 9 aromatic carbocycles. The summed E-state index contributed by atoms with van der Waals surface area (Å²) in [6.45, 7) is 0. The Balaban J connectivity index is 1.10. The van der Waals surface area contributed by atoms with Crippen LogP contribution in [0.4, 0.5) is 0 Å². The van der Waals surface area contributed by atoms with Crippen molar-refractivity contribution in [3.63, 3.8) is 0 Å². The number of benzene rings is 9. The van der Waals surface area contributed by atoms with E-state index in [1.807, 2.05) is 84.9 Å². The van der Waals surface area contributed by atoms with Gasteiger partial charge in [-0.25, -0.2) is 15.0 Å². The Labute approximate surface area is 373 Å². The number of hydrogen-bond donors (Lipinski definition) is 0. The summed E-state index contributed by atoms with van der Waals surface area (Å²) in [6.07, 6.45) is 0. The standard InChI is InChI=1S/C59H33N5O/c60-34-37-33-43(58-62-56(35-17-3-1-4-18-35)61-57(63-58)36-19-5-2-6-20-36)55-53(42-25-11-16-30-50(42)65-55)54(37)64-48-29-15-10-24-41(48)52-49(64)32-31-47-51(52)40-23-9-14-28-46(40)59(47)44-26-12-7-21-38(44)39-22-8-13-27-45(39)59/h1-33H. The number of furan rings is 1. The largest absolute Gasteiger partial charge is 0.455 e. The third kappa shape index (κ3) is 4.73. The van der Waals surface area contributed by atoms with Crippen LogP contribution in [0.25, 0.3) is 106 Å². The summed E-state index contributed by atoms with van der Waals surface area (Å²) in [5.41, 5.74) is 16.5. The van der Waals surface area contributed by atoms with Crippen molar-refractivity contribution >= 4 is 43.7 Å². The lowest BCUT2D eigenvalue weighted by Crippen LogP contribution is -2.25. The molecule has 0 amide bonds. The molecule has 14 rings (SSSR count). The third-order valence-corrected chi connectivity index (χ3v) is 13.7. The van der Waals surface area contributed by atoms with Crippen LogP contribution in [0.15, 0.2) is 205 Å². The molecule has 6 heteroatoms. The minimum atomic E-state index is -0.494. The summed E-state index contributed by atoms with van der Waals surface area (Å²) in [7, 11) is 0. The molecule has 65 heavy (non-hydrogen) atoms. The van der Waals surface area contributed by atoms with E-state index in [1.54, 1.807) is 0 Å². The molecule has 0 radical (unpaired) electrons. The second kappa shape index (κ2) is 13.3. The van der Waals surface area contributed by atoms with Crippen LogP contribution in [0.3, 0.4) is 0 Å². The van der Waals surface area contributed by atoms with Gasteiger partial charge in [0.2, 0.25) is 0 Å². The van der Waals surface area contributed by atoms with Crippen LogP contribution < -0.4 is 0 Å². The van der Waals surface area contributed by atoms with E-state index in [1.165, 1.54) is 44.5 Å². The highest BCUT2D eigenvalue weighted by atomic mass is 16.3. The van der Waals surface area contributed by atoms with E-state index in [0.29, 0.717) is 39.8 Å². The molecule has 300 valence electrons. The highest BCUT2D eigenvalue weighted by Crippen LogP contribution is 2.64. The SMILES string of the molecule is N#Cc1cc(-c2nc(-c3ccccc3)nc(-c3ccccc3)n2)c2oc3ccccc3c2c1-n1c2ccccc2c2c3c(ccc21)C1(c2ccccc2-c2ccccc21)c1ccccc1-3. The lowest BCUT2D eigenvalue weighted by molar-refractivity contribution is 0.669. The van der Waals surface area contributed by atoms with E-state index in [-0.39, 0.29) is 0 Å². The number of nitrogens with zero attached hydrogens (tertiary/aromatic N) is 5. The van der Waals surface area contributed by atoms with E-state index in [2.05, 4.69) is 126 Å². The molecule has 2 aliphatic rings. The first-order chi connectivity index (χ1) is 32.2. The highest BCUT2D eigenvalue weighted by molar-refractivity contribution is 6.21. The Morgan fingerprint density at radius 3 is 1.65 bits per heavy atom. The lowest BCUT2D eigenvalue weighted by atomic mass is 9.70. The zero-order valence-electron chi connectivity index (χ0n) is 34.7. The Kier molecular flexibility index (Phi) is 7.29. The number of hydrogen-bond acceptors (Lipinski definition) is 5. The molecule has 0 N–H and O–H groups in total. The Hall–Kier alpha value is -8.92. The normalized spacial score (nSPS) is 13.0. The quantitative estimate of drug-likeness (QED) is 0.176. The van der Waals surface area contributed by atoms with Crippen LogP contribution >= 0.6 is 0 Å². The first-order valence-electron chi connectivity index (χ1n) is 21.8. The molecule has 6 nitrogen and oxygen atoms in total. The molecule has 0 saturated heterocycles. The van der Waals surface area contributed by atoms with E-state index < -0.39 is 5.41 Å². The number of fused-ring (bicyclic) bond motifs is 17. The molecule has 0 unspecified atom stereocenters. The van der Waals surface area contributed by atoms with Gasteiger partial charge in [0, 0.05) is 27.3 Å². The van der Waals surface area contributed by atoms with Crippen molar-refractivity contribution in [2.24, 2.45) is 0 Å². The summed E-state index contributed by atoms with van der Waals surface area (Å²) in [5.74, 6) is 1.48. The van der Waals surface area contributed by atoms with Gasteiger partial charge in [0.05, 0.1) is 38.6 Å². The van der Waals surface area contributed by atoms with Crippen molar-refractivity contribution in [2.75, 3.05) is 0 Å². The zero-order valence-corrected chi connectivity index (χ0v) is 34.7. The van der Waals surface area contributed by atoms with E-state index in [4.69, 9.17) is 19.4 Å². The lowest BCUT2D eigenvalue weighted by Gasteiger charge is -2.30. The van der Waals surface area contributed by atoms with Crippen molar-refractivity contribution in [3.05, 3.63) is 228 Å². The summed E-state index contributed by atoms with van der Waals surface area (Å²) >= 11 is 0. The summed E-state index contributed by atoms with van der Waals surface area (Å²) in [6, 6.07) is 72.5. The van der Waals surface area contributed by atoms with Crippen molar-refractivity contribution in [1.29, 1.82) is 5.26 Å². The first kappa shape index (κ1) is 35.7. The summed E-state index contributed by atoms with van der Waals surface area (Å²) < 4.78 is 9.21. The molecule has 0 aliphatic heterocycles. The minimum absolute atomic E-state index is 0.420. The molecule has 0 atom stereocenters. The van der Waals surface area contributed by atoms with E-state index in [9.17, 15) is 5.26 Å². The maximum Gasteiger partial charge on any atom is 0.167 e. The van der Waals surface area contributed by atoms with Crippen molar-refractivity contribution in [2.45, 2.75) is 5.41 Å². The fraction of sp³-hybridized carbons (Fsp3) is 0.0169. The fourth-order valence-corrected chi connectivity index (χ4v) is 11.2. The van der Waals surface area contributed by atoms with Gasteiger partial charge >= 0.3 is 0 Å². The third-order valence-electron chi connectivity index (χ3n) is 13.7. The molecule has 12 aromatic rings. The molecule has 3 heterocycles. The van der Waals surface area contributed by atoms with E-state index in [0.717, 1.165) is 49.4 Å². The van der Waals surface area contributed by atoms with Gasteiger partial charge < -0.3 is 8.98 Å². The molecule has 1 spiro atoms. The summed E-state index contributed by atoms with van der Waals surface area (Å²) in [5, 5.41) is 15.4. The van der Waals surface area contributed by atoms with Gasteiger partial charge in [-0.3, -0.25) is 0 Å². The highest BCUT2D eigenvalue weighted by Gasteiger charge is 2.52. The molecular formula is C59H33N5O. The van der Waals surface area contributed by atoms with Crippen LogP contribution in [-0.4, -0.2) is 19.5 Å². The number of nitriles is 1. The fourth-order valence-electron chi connectivity index (χ4n) is 11.2. The topological polar surface area (TPSA) is 80.5 Å². The number of aromatic nitrogens is 4.